The number of amides is 1. The topological polar surface area (TPSA) is 69.6 Å². The van der Waals surface area contributed by atoms with Gasteiger partial charge in [0.2, 0.25) is 5.91 Å². The van der Waals surface area contributed by atoms with Crippen molar-refractivity contribution in [2.24, 2.45) is 0 Å². The van der Waals surface area contributed by atoms with Crippen molar-refractivity contribution < 1.29 is 14.7 Å². The molecule has 0 unspecified atom stereocenters. The van der Waals surface area contributed by atoms with Crippen molar-refractivity contribution in [1.29, 1.82) is 0 Å². The van der Waals surface area contributed by atoms with Crippen LogP contribution in [0, 0.1) is 0 Å². The number of nitrogens with zero attached hydrogens (tertiary/aromatic N) is 1. The second-order valence-electron chi connectivity index (χ2n) is 4.96. The van der Waals surface area contributed by atoms with E-state index in [0.717, 1.165) is 6.08 Å². The van der Waals surface area contributed by atoms with Crippen LogP contribution in [-0.4, -0.2) is 36.6 Å². The molecule has 5 nitrogen and oxygen atoms in total. The maximum absolute atomic E-state index is 11.7. The maximum Gasteiger partial charge on any atom is 0.328 e. The third-order valence-corrected chi connectivity index (χ3v) is 2.93. The summed E-state index contributed by atoms with van der Waals surface area (Å²) in [5, 5.41) is 11.9. The second-order valence-corrected chi connectivity index (χ2v) is 5.37. The Morgan fingerprint density at radius 3 is 2.62 bits per heavy atom. The number of aliphatic carboxylic acids is 1. The summed E-state index contributed by atoms with van der Waals surface area (Å²) in [4.78, 5) is 23.9. The molecule has 0 bridgehead atoms. The van der Waals surface area contributed by atoms with E-state index in [1.165, 1.54) is 6.08 Å². The van der Waals surface area contributed by atoms with E-state index in [2.05, 4.69) is 5.32 Å². The SMILES string of the molecule is CC(C)NC(=O)CN(C)c1ccc(/C=C/C(=O)O)cc1Cl. The van der Waals surface area contributed by atoms with Crippen LogP contribution >= 0.6 is 11.6 Å². The predicted octanol–water partition coefficient (Wildman–Crippen LogP) is 2.40. The Balaban J connectivity index is 2.79. The molecule has 1 amide bonds. The Morgan fingerprint density at radius 2 is 2.10 bits per heavy atom. The van der Waals surface area contributed by atoms with Crippen molar-refractivity contribution >= 4 is 35.2 Å². The normalized spacial score (nSPS) is 10.9. The molecule has 0 atom stereocenters. The molecule has 0 radical (unpaired) electrons. The maximum atomic E-state index is 11.7. The van der Waals surface area contributed by atoms with Gasteiger partial charge in [-0.25, -0.2) is 4.79 Å². The number of hydrogen-bond acceptors (Lipinski definition) is 3. The molecule has 0 aliphatic rings. The van der Waals surface area contributed by atoms with Crippen molar-refractivity contribution in [3.05, 3.63) is 34.9 Å². The van der Waals surface area contributed by atoms with Gasteiger partial charge in [0.1, 0.15) is 0 Å². The first-order valence-corrected chi connectivity index (χ1v) is 6.88. The van der Waals surface area contributed by atoms with Crippen molar-refractivity contribution in [3.63, 3.8) is 0 Å². The zero-order chi connectivity index (χ0) is 16.0. The van der Waals surface area contributed by atoms with Gasteiger partial charge in [0, 0.05) is 19.2 Å². The van der Waals surface area contributed by atoms with Crippen molar-refractivity contribution in [2.45, 2.75) is 19.9 Å². The van der Waals surface area contributed by atoms with Crippen LogP contribution in [0.25, 0.3) is 6.08 Å². The number of halogens is 1. The summed E-state index contributed by atoms with van der Waals surface area (Å²) in [6.45, 7) is 3.99. The molecule has 2 N–H and O–H groups in total. The molecule has 1 aromatic rings. The van der Waals surface area contributed by atoms with Gasteiger partial charge in [0.15, 0.2) is 0 Å². The summed E-state index contributed by atoms with van der Waals surface area (Å²) >= 11 is 6.17. The number of nitrogens with one attached hydrogen (secondary N) is 1. The lowest BCUT2D eigenvalue weighted by Gasteiger charge is -2.21. The van der Waals surface area contributed by atoms with E-state index >= 15 is 0 Å². The molecule has 0 heterocycles. The fourth-order valence-electron chi connectivity index (χ4n) is 1.77. The number of hydrogen-bond donors (Lipinski definition) is 2. The third kappa shape index (κ3) is 5.87. The largest absolute Gasteiger partial charge is 0.478 e. The second kappa shape index (κ2) is 7.69. The van der Waals surface area contributed by atoms with Crippen LogP contribution in [0.15, 0.2) is 24.3 Å². The highest BCUT2D eigenvalue weighted by Crippen LogP contribution is 2.26. The third-order valence-electron chi connectivity index (χ3n) is 2.63. The quantitative estimate of drug-likeness (QED) is 0.792. The van der Waals surface area contributed by atoms with Gasteiger partial charge in [-0.15, -0.1) is 0 Å². The van der Waals surface area contributed by atoms with Crippen LogP contribution in [-0.2, 0) is 9.59 Å². The number of anilines is 1. The Labute approximate surface area is 129 Å². The van der Waals surface area contributed by atoms with Crippen LogP contribution in [0.4, 0.5) is 5.69 Å². The van der Waals surface area contributed by atoms with Crippen LogP contribution in [0.5, 0.6) is 0 Å². The molecule has 0 saturated carbocycles. The average Bonchev–Trinajstić information content (AvgIpc) is 2.34. The highest BCUT2D eigenvalue weighted by atomic mass is 35.5. The van der Waals surface area contributed by atoms with Gasteiger partial charge in [-0.2, -0.15) is 0 Å². The van der Waals surface area contributed by atoms with Crippen LogP contribution in [0.2, 0.25) is 5.02 Å². The molecule has 1 rings (SSSR count). The summed E-state index contributed by atoms with van der Waals surface area (Å²) in [6.07, 6.45) is 2.51. The van der Waals surface area contributed by atoms with Gasteiger partial charge in [-0.05, 0) is 37.6 Å². The number of carbonyl (C=O) groups is 2. The number of carboxylic acid groups (broad SMARTS) is 1. The van der Waals surface area contributed by atoms with Crippen molar-refractivity contribution in [1.82, 2.24) is 5.32 Å². The summed E-state index contributed by atoms with van der Waals surface area (Å²) in [5.41, 5.74) is 1.40. The summed E-state index contributed by atoms with van der Waals surface area (Å²) in [5.74, 6) is -1.10. The Morgan fingerprint density at radius 1 is 1.43 bits per heavy atom. The zero-order valence-corrected chi connectivity index (χ0v) is 13.0. The van der Waals surface area contributed by atoms with E-state index in [-0.39, 0.29) is 18.5 Å². The first-order valence-electron chi connectivity index (χ1n) is 6.50. The van der Waals surface area contributed by atoms with Gasteiger partial charge in [0.25, 0.3) is 0 Å². The fraction of sp³-hybridized carbons (Fsp3) is 0.333. The van der Waals surface area contributed by atoms with Crippen LogP contribution in [0.3, 0.4) is 0 Å². The number of carboxylic acids is 1. The standard InChI is InChI=1S/C15H19ClN2O3/c1-10(2)17-14(19)9-18(3)13-6-4-11(8-12(13)16)5-7-15(20)21/h4-8,10H,9H2,1-3H3,(H,17,19)(H,20,21)/b7-5+. The number of benzene rings is 1. The van der Waals surface area contributed by atoms with E-state index in [0.29, 0.717) is 16.3 Å². The molecule has 0 aromatic heterocycles. The van der Waals surface area contributed by atoms with E-state index in [9.17, 15) is 9.59 Å². The van der Waals surface area contributed by atoms with Crippen LogP contribution in [0.1, 0.15) is 19.4 Å². The number of likely N-dealkylation sites (N-methyl/N-ethyl adjacent to an activating group) is 1. The molecule has 1 aromatic carbocycles. The lowest BCUT2D eigenvalue weighted by Crippen LogP contribution is -2.38. The first kappa shape index (κ1) is 17.0. The lowest BCUT2D eigenvalue weighted by atomic mass is 10.2. The minimum absolute atomic E-state index is 0.0848. The highest BCUT2D eigenvalue weighted by molar-refractivity contribution is 6.33. The molecule has 0 spiro atoms. The molecular weight excluding hydrogens is 292 g/mol. The van der Waals surface area contributed by atoms with Gasteiger partial charge in [-0.1, -0.05) is 17.7 Å². The Hall–Kier alpha value is -2.01. The molecule has 6 heteroatoms. The average molecular weight is 311 g/mol. The summed E-state index contributed by atoms with van der Waals surface area (Å²) in [7, 11) is 1.77. The number of carbonyl (C=O) groups excluding carboxylic acids is 1. The minimum atomic E-state index is -1.02. The molecule has 21 heavy (non-hydrogen) atoms. The predicted molar refractivity (Wildman–Crippen MR) is 84.7 cm³/mol. The Bertz CT molecular complexity index is 556. The molecule has 0 saturated heterocycles. The minimum Gasteiger partial charge on any atom is -0.478 e. The number of rotatable bonds is 6. The van der Waals surface area contributed by atoms with Gasteiger partial charge >= 0.3 is 5.97 Å². The summed E-state index contributed by atoms with van der Waals surface area (Å²) < 4.78 is 0. The highest BCUT2D eigenvalue weighted by Gasteiger charge is 2.11. The first-order chi connectivity index (χ1) is 9.79. The lowest BCUT2D eigenvalue weighted by molar-refractivity contribution is -0.131. The van der Waals surface area contributed by atoms with E-state index in [4.69, 9.17) is 16.7 Å². The molecule has 114 valence electrons. The van der Waals surface area contributed by atoms with Crippen molar-refractivity contribution in [2.75, 3.05) is 18.5 Å². The van der Waals surface area contributed by atoms with Gasteiger partial charge in [0.05, 0.1) is 17.3 Å². The van der Waals surface area contributed by atoms with E-state index in [1.807, 2.05) is 13.8 Å². The fourth-order valence-corrected chi connectivity index (χ4v) is 2.11. The van der Waals surface area contributed by atoms with Gasteiger partial charge in [-0.3, -0.25) is 4.79 Å². The molecule has 0 fully saturated rings. The van der Waals surface area contributed by atoms with Crippen molar-refractivity contribution in [3.8, 4) is 0 Å². The molecule has 0 aliphatic heterocycles. The zero-order valence-electron chi connectivity index (χ0n) is 12.3. The van der Waals surface area contributed by atoms with Crippen LogP contribution < -0.4 is 10.2 Å². The molecule has 0 aliphatic carbocycles. The molecular formula is C15H19ClN2O3. The smallest absolute Gasteiger partial charge is 0.328 e. The van der Waals surface area contributed by atoms with E-state index in [1.54, 1.807) is 30.1 Å². The monoisotopic (exact) mass is 310 g/mol. The van der Waals surface area contributed by atoms with E-state index < -0.39 is 5.97 Å². The Kier molecular flexibility index (Phi) is 6.24. The van der Waals surface area contributed by atoms with Gasteiger partial charge < -0.3 is 15.3 Å². The summed E-state index contributed by atoms with van der Waals surface area (Å²) in [6, 6.07) is 5.25.